The van der Waals surface area contributed by atoms with E-state index >= 15 is 0 Å². The summed E-state index contributed by atoms with van der Waals surface area (Å²) >= 11 is 0. The van der Waals surface area contributed by atoms with Gasteiger partial charge in [-0.05, 0) is 57.0 Å². The predicted octanol–water partition coefficient (Wildman–Crippen LogP) is 3.69. The molecule has 94 valence electrons. The van der Waals surface area contributed by atoms with Gasteiger partial charge < -0.3 is 4.98 Å². The van der Waals surface area contributed by atoms with E-state index < -0.39 is 0 Å². The van der Waals surface area contributed by atoms with Crippen LogP contribution in [0.15, 0.2) is 29.4 Å². The number of anilines is 1. The predicted molar refractivity (Wildman–Crippen MR) is 77.4 cm³/mol. The van der Waals surface area contributed by atoms with Crippen molar-refractivity contribution in [1.82, 2.24) is 4.98 Å². The molecule has 0 unspecified atom stereocenters. The van der Waals surface area contributed by atoms with E-state index in [4.69, 9.17) is 0 Å². The molecular formula is C15H19N3. The highest BCUT2D eigenvalue weighted by atomic mass is 15.3. The maximum absolute atomic E-state index is 4.27. The van der Waals surface area contributed by atoms with Crippen LogP contribution in [0.1, 0.15) is 28.1 Å². The van der Waals surface area contributed by atoms with E-state index in [1.54, 1.807) is 0 Å². The summed E-state index contributed by atoms with van der Waals surface area (Å²) < 4.78 is 0. The van der Waals surface area contributed by atoms with Crippen molar-refractivity contribution < 1.29 is 0 Å². The largest absolute Gasteiger partial charge is 0.362 e. The number of H-pyrrole nitrogens is 1. The van der Waals surface area contributed by atoms with Gasteiger partial charge in [-0.15, -0.1) is 0 Å². The van der Waals surface area contributed by atoms with Crippen molar-refractivity contribution in [2.75, 3.05) is 5.43 Å². The summed E-state index contributed by atoms with van der Waals surface area (Å²) in [4.78, 5) is 3.26. The number of nitrogens with one attached hydrogen (secondary N) is 2. The fourth-order valence-electron chi connectivity index (χ4n) is 2.10. The van der Waals surface area contributed by atoms with Crippen LogP contribution in [0.4, 0.5) is 5.69 Å². The van der Waals surface area contributed by atoms with Crippen LogP contribution in [0.3, 0.4) is 0 Å². The topological polar surface area (TPSA) is 40.2 Å². The van der Waals surface area contributed by atoms with Crippen LogP contribution in [0.25, 0.3) is 0 Å². The fourth-order valence-corrected chi connectivity index (χ4v) is 2.10. The Morgan fingerprint density at radius 2 is 1.67 bits per heavy atom. The maximum Gasteiger partial charge on any atom is 0.0567 e. The summed E-state index contributed by atoms with van der Waals surface area (Å²) in [7, 11) is 0. The highest BCUT2D eigenvalue weighted by Crippen LogP contribution is 2.13. The summed E-state index contributed by atoms with van der Waals surface area (Å²) in [6, 6.07) is 8.40. The second kappa shape index (κ2) is 5.08. The molecule has 0 saturated heterocycles. The Morgan fingerprint density at radius 1 is 1.00 bits per heavy atom. The van der Waals surface area contributed by atoms with Crippen LogP contribution in [-0.2, 0) is 0 Å². The Balaban J connectivity index is 2.09. The van der Waals surface area contributed by atoms with Crippen molar-refractivity contribution in [3.63, 3.8) is 0 Å². The molecule has 2 rings (SSSR count). The van der Waals surface area contributed by atoms with E-state index in [0.29, 0.717) is 0 Å². The molecule has 0 amide bonds. The first-order valence-electron chi connectivity index (χ1n) is 6.08. The van der Waals surface area contributed by atoms with Gasteiger partial charge in [-0.2, -0.15) is 5.10 Å². The number of benzene rings is 1. The second-order valence-corrected chi connectivity index (χ2v) is 4.78. The molecule has 0 fully saturated rings. The number of hydrogen-bond acceptors (Lipinski definition) is 2. The van der Waals surface area contributed by atoms with Crippen LogP contribution in [0.5, 0.6) is 0 Å². The van der Waals surface area contributed by atoms with Gasteiger partial charge in [0.15, 0.2) is 0 Å². The van der Waals surface area contributed by atoms with Crippen molar-refractivity contribution >= 4 is 11.9 Å². The third-order valence-corrected chi connectivity index (χ3v) is 2.81. The number of rotatable bonds is 3. The second-order valence-electron chi connectivity index (χ2n) is 4.78. The lowest BCUT2D eigenvalue weighted by atomic mass is 10.1. The minimum atomic E-state index is 1.02. The number of aryl methyl sites for hydroxylation is 4. The number of hydrogen-bond donors (Lipinski definition) is 2. The fraction of sp³-hybridized carbons (Fsp3) is 0.267. The molecule has 18 heavy (non-hydrogen) atoms. The Kier molecular flexibility index (Phi) is 3.51. The zero-order valence-corrected chi connectivity index (χ0v) is 11.3. The molecule has 0 aliphatic carbocycles. The van der Waals surface area contributed by atoms with Crippen molar-refractivity contribution in [2.24, 2.45) is 5.10 Å². The van der Waals surface area contributed by atoms with Gasteiger partial charge in [0.1, 0.15) is 0 Å². The van der Waals surface area contributed by atoms with Gasteiger partial charge in [-0.25, -0.2) is 0 Å². The molecule has 3 nitrogen and oxygen atoms in total. The van der Waals surface area contributed by atoms with E-state index in [0.717, 1.165) is 22.6 Å². The van der Waals surface area contributed by atoms with Crippen LogP contribution >= 0.6 is 0 Å². The van der Waals surface area contributed by atoms with Gasteiger partial charge in [-0.1, -0.05) is 6.07 Å². The van der Waals surface area contributed by atoms with Crippen molar-refractivity contribution in [3.8, 4) is 0 Å². The molecule has 0 aliphatic rings. The number of nitrogens with zero attached hydrogens (tertiary/aromatic N) is 1. The summed E-state index contributed by atoms with van der Waals surface area (Å²) in [5.41, 5.74) is 9.97. The smallest absolute Gasteiger partial charge is 0.0567 e. The third kappa shape index (κ3) is 3.00. The van der Waals surface area contributed by atoms with Crippen LogP contribution in [0.2, 0.25) is 0 Å². The zero-order chi connectivity index (χ0) is 13.1. The first kappa shape index (κ1) is 12.4. The summed E-state index contributed by atoms with van der Waals surface area (Å²) in [5, 5.41) is 4.27. The molecule has 0 saturated carbocycles. The van der Waals surface area contributed by atoms with Crippen LogP contribution in [0, 0.1) is 27.7 Å². The molecule has 0 spiro atoms. The van der Waals surface area contributed by atoms with Gasteiger partial charge in [0.2, 0.25) is 0 Å². The number of aromatic nitrogens is 1. The molecule has 2 aromatic rings. The molecule has 1 aromatic heterocycles. The molecule has 0 bridgehead atoms. The van der Waals surface area contributed by atoms with E-state index in [2.05, 4.69) is 53.6 Å². The lowest BCUT2D eigenvalue weighted by Crippen LogP contribution is -1.92. The number of aromatic amines is 1. The van der Waals surface area contributed by atoms with E-state index in [-0.39, 0.29) is 0 Å². The molecule has 1 heterocycles. The normalized spacial score (nSPS) is 11.1. The molecule has 0 aliphatic heterocycles. The van der Waals surface area contributed by atoms with Crippen molar-refractivity contribution in [1.29, 1.82) is 0 Å². The van der Waals surface area contributed by atoms with Gasteiger partial charge in [0, 0.05) is 17.0 Å². The summed E-state index contributed by atoms with van der Waals surface area (Å²) in [6.45, 7) is 8.26. The molecule has 0 radical (unpaired) electrons. The Morgan fingerprint density at radius 3 is 2.22 bits per heavy atom. The third-order valence-electron chi connectivity index (χ3n) is 2.81. The lowest BCUT2D eigenvalue weighted by Gasteiger charge is -2.03. The van der Waals surface area contributed by atoms with Crippen molar-refractivity contribution in [3.05, 3.63) is 52.3 Å². The maximum atomic E-state index is 4.27. The van der Waals surface area contributed by atoms with Gasteiger partial charge in [0.25, 0.3) is 0 Å². The van der Waals surface area contributed by atoms with Gasteiger partial charge in [-0.3, -0.25) is 5.43 Å². The molecule has 0 atom stereocenters. The first-order valence-corrected chi connectivity index (χ1v) is 6.08. The highest BCUT2D eigenvalue weighted by Gasteiger charge is 1.98. The standard InChI is InChI=1S/C15H19N3/c1-10-5-11(2)7-15(6-10)18-16-9-14-8-12(3)17-13(14)4/h5-9,17-18H,1-4H3/b16-9+. The first-order chi connectivity index (χ1) is 8.54. The van der Waals surface area contributed by atoms with Gasteiger partial charge >= 0.3 is 0 Å². The lowest BCUT2D eigenvalue weighted by molar-refractivity contribution is 1.19. The van der Waals surface area contributed by atoms with Crippen LogP contribution < -0.4 is 5.43 Å². The average molecular weight is 241 g/mol. The molecule has 3 heteroatoms. The van der Waals surface area contributed by atoms with E-state index in [9.17, 15) is 0 Å². The monoisotopic (exact) mass is 241 g/mol. The summed E-state index contributed by atoms with van der Waals surface area (Å²) in [6.07, 6.45) is 1.84. The average Bonchev–Trinajstić information content (AvgIpc) is 2.56. The van der Waals surface area contributed by atoms with E-state index in [1.807, 2.05) is 20.1 Å². The SMILES string of the molecule is Cc1cc(C)cc(N/N=C/c2cc(C)[nH]c2C)c1. The van der Waals surface area contributed by atoms with Crippen molar-refractivity contribution in [2.45, 2.75) is 27.7 Å². The molecule has 1 aromatic carbocycles. The van der Waals surface area contributed by atoms with Crippen LogP contribution in [-0.4, -0.2) is 11.2 Å². The van der Waals surface area contributed by atoms with Gasteiger partial charge in [0.05, 0.1) is 11.9 Å². The van der Waals surface area contributed by atoms with E-state index in [1.165, 1.54) is 11.1 Å². The Bertz CT molecular complexity index is 559. The molecular weight excluding hydrogens is 222 g/mol. The number of hydrazone groups is 1. The Labute approximate surface area is 108 Å². The zero-order valence-electron chi connectivity index (χ0n) is 11.3. The molecule has 2 N–H and O–H groups in total. The minimum Gasteiger partial charge on any atom is -0.362 e. The Hall–Kier alpha value is -2.03. The highest BCUT2D eigenvalue weighted by molar-refractivity contribution is 5.82. The quantitative estimate of drug-likeness (QED) is 0.624. The minimum absolute atomic E-state index is 1.02. The summed E-state index contributed by atoms with van der Waals surface area (Å²) in [5.74, 6) is 0.